The van der Waals surface area contributed by atoms with E-state index in [0.29, 0.717) is 29.0 Å². The SMILES string of the molecule is CCCC(=O)Nc1ccc(Nc2ccc(O)c3c2C(=O)c2ccccc2C3=O)cc1. The van der Waals surface area contributed by atoms with Crippen molar-refractivity contribution in [2.45, 2.75) is 19.8 Å². The fourth-order valence-corrected chi connectivity index (χ4v) is 3.55. The summed E-state index contributed by atoms with van der Waals surface area (Å²) in [6, 6.07) is 16.6. The second kappa shape index (κ2) is 7.83. The number of aromatic hydroxyl groups is 1. The standard InChI is InChI=1S/C24H20N2O4/c1-2-5-20(28)26-15-10-8-14(9-11-15)25-18-12-13-19(27)22-21(18)23(29)16-6-3-4-7-17(16)24(22)30/h3-4,6-13,25,27H,2,5H2,1H3,(H,26,28). The van der Waals surface area contributed by atoms with Crippen LogP contribution in [0.4, 0.5) is 17.1 Å². The molecule has 1 aliphatic carbocycles. The smallest absolute Gasteiger partial charge is 0.224 e. The van der Waals surface area contributed by atoms with E-state index >= 15 is 0 Å². The van der Waals surface area contributed by atoms with E-state index in [4.69, 9.17) is 0 Å². The molecule has 0 heterocycles. The molecular formula is C24H20N2O4. The summed E-state index contributed by atoms with van der Waals surface area (Å²) in [4.78, 5) is 37.7. The van der Waals surface area contributed by atoms with Gasteiger partial charge in [-0.25, -0.2) is 0 Å². The minimum Gasteiger partial charge on any atom is -0.507 e. The van der Waals surface area contributed by atoms with Crippen LogP contribution in [-0.4, -0.2) is 22.6 Å². The molecule has 6 heteroatoms. The summed E-state index contributed by atoms with van der Waals surface area (Å²) in [6.07, 6.45) is 1.23. The summed E-state index contributed by atoms with van der Waals surface area (Å²) in [5.41, 5.74) is 2.54. The molecule has 0 atom stereocenters. The second-order valence-corrected chi connectivity index (χ2v) is 7.09. The van der Waals surface area contributed by atoms with E-state index in [1.807, 2.05) is 6.92 Å². The number of hydrogen-bond acceptors (Lipinski definition) is 5. The summed E-state index contributed by atoms with van der Waals surface area (Å²) < 4.78 is 0. The van der Waals surface area contributed by atoms with Crippen molar-refractivity contribution < 1.29 is 19.5 Å². The largest absolute Gasteiger partial charge is 0.507 e. The summed E-state index contributed by atoms with van der Waals surface area (Å²) >= 11 is 0. The Morgan fingerprint density at radius 3 is 2.07 bits per heavy atom. The van der Waals surface area contributed by atoms with E-state index in [1.165, 1.54) is 6.07 Å². The van der Waals surface area contributed by atoms with Gasteiger partial charge in [0.15, 0.2) is 11.6 Å². The lowest BCUT2D eigenvalue weighted by atomic mass is 9.82. The number of benzene rings is 3. The van der Waals surface area contributed by atoms with Crippen molar-refractivity contribution in [3.63, 3.8) is 0 Å². The molecule has 0 saturated carbocycles. The van der Waals surface area contributed by atoms with Crippen molar-refractivity contribution in [2.75, 3.05) is 10.6 Å². The molecule has 0 spiro atoms. The van der Waals surface area contributed by atoms with Crippen LogP contribution >= 0.6 is 0 Å². The van der Waals surface area contributed by atoms with E-state index in [9.17, 15) is 19.5 Å². The van der Waals surface area contributed by atoms with Crippen molar-refractivity contribution >= 4 is 34.5 Å². The van der Waals surface area contributed by atoms with Gasteiger partial charge < -0.3 is 15.7 Å². The normalized spacial score (nSPS) is 12.2. The van der Waals surface area contributed by atoms with Crippen LogP contribution in [0.3, 0.4) is 0 Å². The molecule has 1 aliphatic rings. The highest BCUT2D eigenvalue weighted by atomic mass is 16.3. The molecule has 150 valence electrons. The van der Waals surface area contributed by atoms with Gasteiger partial charge in [-0.3, -0.25) is 14.4 Å². The van der Waals surface area contributed by atoms with Gasteiger partial charge in [-0.15, -0.1) is 0 Å². The van der Waals surface area contributed by atoms with Crippen molar-refractivity contribution in [3.05, 3.63) is 82.9 Å². The average molecular weight is 400 g/mol. The minimum atomic E-state index is -0.379. The highest BCUT2D eigenvalue weighted by molar-refractivity contribution is 6.31. The Bertz CT molecular complexity index is 1170. The molecule has 0 fully saturated rings. The molecule has 30 heavy (non-hydrogen) atoms. The lowest BCUT2D eigenvalue weighted by Crippen LogP contribution is -2.22. The third-order valence-corrected chi connectivity index (χ3v) is 4.98. The van der Waals surface area contributed by atoms with Crippen LogP contribution in [0.5, 0.6) is 5.75 Å². The molecule has 0 bridgehead atoms. The quantitative estimate of drug-likeness (QED) is 0.424. The van der Waals surface area contributed by atoms with Gasteiger partial charge in [0, 0.05) is 28.9 Å². The first-order valence-corrected chi connectivity index (χ1v) is 9.71. The van der Waals surface area contributed by atoms with Crippen LogP contribution in [0.1, 0.15) is 51.6 Å². The van der Waals surface area contributed by atoms with Crippen molar-refractivity contribution in [3.8, 4) is 5.75 Å². The van der Waals surface area contributed by atoms with E-state index < -0.39 is 0 Å². The van der Waals surface area contributed by atoms with Gasteiger partial charge in [-0.2, -0.15) is 0 Å². The average Bonchev–Trinajstić information content (AvgIpc) is 2.74. The molecule has 1 amide bonds. The Balaban J connectivity index is 1.66. The van der Waals surface area contributed by atoms with Gasteiger partial charge in [0.2, 0.25) is 5.91 Å². The highest BCUT2D eigenvalue weighted by Gasteiger charge is 2.33. The predicted octanol–water partition coefficient (Wildman–Crippen LogP) is 4.65. The molecule has 0 saturated heterocycles. The molecule has 3 aromatic carbocycles. The Morgan fingerprint density at radius 1 is 0.833 bits per heavy atom. The molecule has 3 N–H and O–H groups in total. The number of anilines is 3. The number of carbonyl (C=O) groups is 3. The summed E-state index contributed by atoms with van der Waals surface area (Å²) in [6.45, 7) is 1.94. The summed E-state index contributed by atoms with van der Waals surface area (Å²) in [5, 5.41) is 16.3. The third kappa shape index (κ3) is 3.43. The first-order chi connectivity index (χ1) is 14.5. The second-order valence-electron chi connectivity index (χ2n) is 7.09. The maximum Gasteiger partial charge on any atom is 0.224 e. The van der Waals surface area contributed by atoms with Gasteiger partial charge in [0.1, 0.15) is 5.75 Å². The number of carbonyl (C=O) groups excluding carboxylic acids is 3. The van der Waals surface area contributed by atoms with Gasteiger partial charge in [0.05, 0.1) is 16.8 Å². The first kappa shape index (κ1) is 19.4. The van der Waals surface area contributed by atoms with Gasteiger partial charge in [0.25, 0.3) is 0 Å². The van der Waals surface area contributed by atoms with Crippen molar-refractivity contribution in [1.82, 2.24) is 0 Å². The molecule has 0 aliphatic heterocycles. The van der Waals surface area contributed by atoms with Crippen LogP contribution in [-0.2, 0) is 4.79 Å². The lowest BCUT2D eigenvalue weighted by molar-refractivity contribution is -0.116. The Kier molecular flexibility index (Phi) is 5.06. The number of rotatable bonds is 5. The number of phenolic OH excluding ortho intramolecular Hbond substituents is 1. The number of nitrogens with one attached hydrogen (secondary N) is 2. The number of fused-ring (bicyclic) bond motifs is 2. The zero-order valence-corrected chi connectivity index (χ0v) is 16.4. The molecule has 3 aromatic rings. The number of hydrogen-bond donors (Lipinski definition) is 3. The third-order valence-electron chi connectivity index (χ3n) is 4.98. The van der Waals surface area contributed by atoms with Crippen LogP contribution in [0.15, 0.2) is 60.7 Å². The van der Waals surface area contributed by atoms with Gasteiger partial charge >= 0.3 is 0 Å². The van der Waals surface area contributed by atoms with E-state index in [2.05, 4.69) is 10.6 Å². The van der Waals surface area contributed by atoms with Crippen molar-refractivity contribution in [1.29, 1.82) is 0 Å². The van der Waals surface area contributed by atoms with Gasteiger partial charge in [-0.05, 0) is 42.8 Å². The fraction of sp³-hybridized carbons (Fsp3) is 0.125. The monoisotopic (exact) mass is 400 g/mol. The number of phenols is 1. The molecule has 4 rings (SSSR count). The van der Waals surface area contributed by atoms with Crippen LogP contribution < -0.4 is 10.6 Å². The zero-order chi connectivity index (χ0) is 21.3. The molecule has 6 nitrogen and oxygen atoms in total. The molecule has 0 radical (unpaired) electrons. The van der Waals surface area contributed by atoms with E-state index in [-0.39, 0.29) is 39.9 Å². The Morgan fingerprint density at radius 2 is 1.43 bits per heavy atom. The predicted molar refractivity (Wildman–Crippen MR) is 115 cm³/mol. The number of ketones is 2. The molecular weight excluding hydrogens is 380 g/mol. The summed E-state index contributed by atoms with van der Waals surface area (Å²) in [5.74, 6) is -0.969. The molecule has 0 unspecified atom stereocenters. The number of amides is 1. The Hall–Kier alpha value is -3.93. The zero-order valence-electron chi connectivity index (χ0n) is 16.4. The molecule has 0 aromatic heterocycles. The topological polar surface area (TPSA) is 95.5 Å². The maximum absolute atomic E-state index is 13.1. The first-order valence-electron chi connectivity index (χ1n) is 9.71. The van der Waals surface area contributed by atoms with Crippen LogP contribution in [0.25, 0.3) is 0 Å². The van der Waals surface area contributed by atoms with Gasteiger partial charge in [-0.1, -0.05) is 31.2 Å². The highest BCUT2D eigenvalue weighted by Crippen LogP contribution is 2.38. The van der Waals surface area contributed by atoms with Crippen molar-refractivity contribution in [2.24, 2.45) is 0 Å². The van der Waals surface area contributed by atoms with Crippen LogP contribution in [0, 0.1) is 0 Å². The van der Waals surface area contributed by atoms with E-state index in [0.717, 1.165) is 6.42 Å². The Labute approximate surface area is 173 Å². The van der Waals surface area contributed by atoms with E-state index in [1.54, 1.807) is 54.6 Å². The van der Waals surface area contributed by atoms with Crippen LogP contribution in [0.2, 0.25) is 0 Å². The minimum absolute atomic E-state index is 0.00662. The maximum atomic E-state index is 13.1. The lowest BCUT2D eigenvalue weighted by Gasteiger charge is -2.21. The fourth-order valence-electron chi connectivity index (χ4n) is 3.55. The summed E-state index contributed by atoms with van der Waals surface area (Å²) in [7, 11) is 0.